The first-order chi connectivity index (χ1) is 16.5. The number of aromatic nitrogens is 4. The molecule has 0 saturated heterocycles. The molecule has 10 heteroatoms. The minimum atomic E-state index is -0.396. The Morgan fingerprint density at radius 3 is 2.65 bits per heavy atom. The Balaban J connectivity index is 1.55. The highest BCUT2D eigenvalue weighted by molar-refractivity contribution is 6.07. The number of carbonyl (C=O) groups is 1. The van der Waals surface area contributed by atoms with Gasteiger partial charge in [-0.15, -0.1) is 0 Å². The molecule has 0 spiro atoms. The van der Waals surface area contributed by atoms with Gasteiger partial charge in [0.25, 0.3) is 0 Å². The first-order valence-electron chi connectivity index (χ1n) is 11.1. The van der Waals surface area contributed by atoms with Crippen LogP contribution in [0.4, 0.5) is 10.6 Å². The smallest absolute Gasteiger partial charge is 0.410 e. The van der Waals surface area contributed by atoms with Gasteiger partial charge in [-0.3, -0.25) is 0 Å². The van der Waals surface area contributed by atoms with Gasteiger partial charge in [0.1, 0.15) is 17.8 Å². The lowest BCUT2D eigenvalue weighted by Gasteiger charge is -2.21. The lowest BCUT2D eigenvalue weighted by molar-refractivity contribution is 0.0694. The predicted molar refractivity (Wildman–Crippen MR) is 131 cm³/mol. The van der Waals surface area contributed by atoms with Crippen LogP contribution in [0, 0.1) is 0 Å². The average Bonchev–Trinajstić information content (AvgIpc) is 3.46. The van der Waals surface area contributed by atoms with Crippen LogP contribution in [-0.4, -0.2) is 78.1 Å². The van der Waals surface area contributed by atoms with Crippen molar-refractivity contribution < 1.29 is 19.0 Å². The highest BCUT2D eigenvalue weighted by Gasteiger charge is 2.17. The molecule has 0 aliphatic carbocycles. The van der Waals surface area contributed by atoms with E-state index in [-0.39, 0.29) is 6.61 Å². The Hall–Kier alpha value is -3.63. The summed E-state index contributed by atoms with van der Waals surface area (Å²) in [7, 11) is 7.01. The summed E-state index contributed by atoms with van der Waals surface area (Å²) in [5, 5.41) is 4.11. The van der Waals surface area contributed by atoms with E-state index < -0.39 is 6.09 Å². The summed E-state index contributed by atoms with van der Waals surface area (Å²) >= 11 is 0. The molecule has 0 unspecified atom stereocenters. The molecule has 4 rings (SSSR count). The highest BCUT2D eigenvalue weighted by atomic mass is 16.6. The van der Waals surface area contributed by atoms with E-state index in [2.05, 4.69) is 21.4 Å². The first kappa shape index (κ1) is 23.5. The number of hydrogen-bond donors (Lipinski definition) is 2. The number of aromatic amines is 1. The molecule has 0 radical (unpaired) electrons. The normalized spacial score (nSPS) is 11.3. The van der Waals surface area contributed by atoms with E-state index in [4.69, 9.17) is 19.2 Å². The van der Waals surface area contributed by atoms with Crippen molar-refractivity contribution in [3.63, 3.8) is 0 Å². The number of hydrogen-bond acceptors (Lipinski definition) is 7. The van der Waals surface area contributed by atoms with Crippen molar-refractivity contribution in [2.75, 3.05) is 52.9 Å². The van der Waals surface area contributed by atoms with Crippen molar-refractivity contribution >= 4 is 34.0 Å². The number of amides is 1. The summed E-state index contributed by atoms with van der Waals surface area (Å²) in [4.78, 5) is 26.7. The van der Waals surface area contributed by atoms with Crippen molar-refractivity contribution in [2.24, 2.45) is 7.05 Å². The number of benzene rings is 1. The van der Waals surface area contributed by atoms with Gasteiger partial charge in [0.2, 0.25) is 0 Å². The van der Waals surface area contributed by atoms with Gasteiger partial charge in [0, 0.05) is 52.5 Å². The molecule has 0 bridgehead atoms. The van der Waals surface area contributed by atoms with Crippen LogP contribution >= 0.6 is 0 Å². The van der Waals surface area contributed by atoms with E-state index in [1.807, 2.05) is 42.9 Å². The molecule has 180 valence electrons. The van der Waals surface area contributed by atoms with Gasteiger partial charge in [-0.2, -0.15) is 0 Å². The molecule has 0 saturated carbocycles. The number of carbonyl (C=O) groups excluding carboxylic acids is 1. The van der Waals surface area contributed by atoms with Crippen LogP contribution in [0.1, 0.15) is 5.56 Å². The minimum absolute atomic E-state index is 0.164. The van der Waals surface area contributed by atoms with Crippen LogP contribution in [0.5, 0.6) is 0 Å². The fourth-order valence-electron chi connectivity index (χ4n) is 3.89. The largest absolute Gasteiger partial charge is 0.445 e. The van der Waals surface area contributed by atoms with Crippen molar-refractivity contribution in [1.29, 1.82) is 0 Å². The van der Waals surface area contributed by atoms with Gasteiger partial charge in [-0.25, -0.2) is 14.8 Å². The maximum atomic E-state index is 12.6. The third-order valence-corrected chi connectivity index (χ3v) is 5.66. The second-order valence-corrected chi connectivity index (χ2v) is 7.94. The summed E-state index contributed by atoms with van der Waals surface area (Å²) < 4.78 is 17.7. The number of rotatable bonds is 10. The average molecular weight is 467 g/mol. The van der Waals surface area contributed by atoms with Crippen molar-refractivity contribution in [2.45, 2.75) is 6.61 Å². The molecule has 4 aromatic rings. The van der Waals surface area contributed by atoms with Crippen LogP contribution in [0.3, 0.4) is 0 Å². The van der Waals surface area contributed by atoms with E-state index in [0.717, 1.165) is 44.7 Å². The third kappa shape index (κ3) is 4.82. The minimum Gasteiger partial charge on any atom is -0.445 e. The molecular formula is C24H30N6O4. The Morgan fingerprint density at radius 1 is 1.18 bits per heavy atom. The summed E-state index contributed by atoms with van der Waals surface area (Å²) in [6, 6.07) is 9.98. The van der Waals surface area contributed by atoms with Gasteiger partial charge in [-0.05, 0) is 23.3 Å². The number of imidazole rings is 1. The topological polar surface area (TPSA) is 107 Å². The van der Waals surface area contributed by atoms with Crippen molar-refractivity contribution in [3.05, 3.63) is 42.2 Å². The molecule has 0 atom stereocenters. The predicted octanol–water partition coefficient (Wildman–Crippen LogP) is 3.39. The van der Waals surface area contributed by atoms with Crippen LogP contribution in [0.25, 0.3) is 33.3 Å². The number of H-pyrrole nitrogens is 1. The monoisotopic (exact) mass is 466 g/mol. The van der Waals surface area contributed by atoms with Crippen LogP contribution in [-0.2, 0) is 27.9 Å². The Bertz CT molecular complexity index is 1270. The Morgan fingerprint density at radius 2 is 1.94 bits per heavy atom. The number of nitrogens with one attached hydrogen (secondary N) is 2. The number of methoxy groups -OCH3 is 2. The lowest BCUT2D eigenvalue weighted by Crippen LogP contribution is -2.36. The molecule has 1 amide bonds. The lowest BCUT2D eigenvalue weighted by atomic mass is 10.1. The molecule has 10 nitrogen and oxygen atoms in total. The summed E-state index contributed by atoms with van der Waals surface area (Å²) in [5.41, 5.74) is 5.40. The van der Waals surface area contributed by atoms with Crippen molar-refractivity contribution in [3.8, 4) is 11.3 Å². The number of pyridine rings is 1. The first-order valence-corrected chi connectivity index (χ1v) is 11.1. The second kappa shape index (κ2) is 10.5. The SMILES string of the molecule is CNc1nc2[nH]c(-c3cccc(COC(=O)N(CCOC)CCOC)c3)cc2c2c1ncn2C. The number of anilines is 1. The zero-order valence-electron chi connectivity index (χ0n) is 19.9. The number of ether oxygens (including phenoxy) is 3. The fourth-order valence-corrected chi connectivity index (χ4v) is 3.89. The number of fused-ring (bicyclic) bond motifs is 3. The quantitative estimate of drug-likeness (QED) is 0.369. The molecule has 3 aromatic heterocycles. The summed E-state index contributed by atoms with van der Waals surface area (Å²) in [6.45, 7) is 1.91. The van der Waals surface area contributed by atoms with Gasteiger partial charge in [-0.1, -0.05) is 18.2 Å². The van der Waals surface area contributed by atoms with Crippen LogP contribution in [0.2, 0.25) is 0 Å². The van der Waals surface area contributed by atoms with Crippen LogP contribution < -0.4 is 5.32 Å². The zero-order chi connectivity index (χ0) is 24.1. The van der Waals surface area contributed by atoms with E-state index in [1.165, 1.54) is 0 Å². The summed E-state index contributed by atoms with van der Waals surface area (Å²) in [5.74, 6) is 0.726. The molecule has 3 heterocycles. The summed E-state index contributed by atoms with van der Waals surface area (Å²) in [6.07, 6.45) is 1.39. The number of nitrogens with zero attached hydrogens (tertiary/aromatic N) is 4. The van der Waals surface area contributed by atoms with E-state index in [9.17, 15) is 4.79 Å². The molecule has 0 fully saturated rings. The van der Waals surface area contributed by atoms with Gasteiger partial charge in [0.05, 0.1) is 25.1 Å². The van der Waals surface area contributed by atoms with Gasteiger partial charge < -0.3 is 34.0 Å². The molecule has 2 N–H and O–H groups in total. The molecule has 1 aromatic carbocycles. The Kier molecular flexibility index (Phi) is 7.29. The van der Waals surface area contributed by atoms with E-state index >= 15 is 0 Å². The maximum Gasteiger partial charge on any atom is 0.410 e. The highest BCUT2D eigenvalue weighted by Crippen LogP contribution is 2.31. The standard InChI is InChI=1S/C24H30N6O4/c1-25-23-20-21(29(2)15-26-20)18-13-19(27-22(18)28-23)17-7-5-6-16(12-17)14-34-24(31)30(8-10-32-3)9-11-33-4/h5-7,12-13,15H,8-11,14H2,1-4H3,(H2,25,27,28). The molecule has 0 aliphatic heterocycles. The van der Waals surface area contributed by atoms with E-state index in [1.54, 1.807) is 25.4 Å². The second-order valence-electron chi connectivity index (χ2n) is 7.94. The van der Waals surface area contributed by atoms with Crippen molar-refractivity contribution in [1.82, 2.24) is 24.4 Å². The Labute approximate surface area is 197 Å². The van der Waals surface area contributed by atoms with Gasteiger partial charge >= 0.3 is 6.09 Å². The fraction of sp³-hybridized carbons (Fsp3) is 0.375. The molecule has 34 heavy (non-hydrogen) atoms. The maximum absolute atomic E-state index is 12.6. The van der Waals surface area contributed by atoms with Gasteiger partial charge in [0.15, 0.2) is 5.82 Å². The molecule has 0 aliphatic rings. The van der Waals surface area contributed by atoms with E-state index in [0.29, 0.717) is 26.3 Å². The van der Waals surface area contributed by atoms with Crippen LogP contribution in [0.15, 0.2) is 36.7 Å². The number of aryl methyl sites for hydroxylation is 1. The zero-order valence-corrected chi connectivity index (χ0v) is 19.9. The third-order valence-electron chi connectivity index (χ3n) is 5.66. The molecular weight excluding hydrogens is 436 g/mol.